The summed E-state index contributed by atoms with van der Waals surface area (Å²) in [5.41, 5.74) is 0. The van der Waals surface area contributed by atoms with Gasteiger partial charge in [-0.1, -0.05) is 0 Å². The van der Waals surface area contributed by atoms with Crippen molar-refractivity contribution >= 4 is 21.9 Å². The van der Waals surface area contributed by atoms with Crippen molar-refractivity contribution in [1.82, 2.24) is 0 Å². The average Bonchev–Trinajstić information content (AvgIpc) is 1.36. The molecule has 46 valence electrons. The monoisotopic (exact) mass is 262 g/mol. The maximum atomic E-state index is 11.1. The number of hydrogen-bond donors (Lipinski definition) is 0. The molecule has 0 heterocycles. The van der Waals surface area contributed by atoms with Crippen LogP contribution in [0.1, 0.15) is 0 Å². The van der Waals surface area contributed by atoms with E-state index in [0.29, 0.717) is 0 Å². The molecular formula is C2HAgBrFO2. The normalized spacial score (nSPS) is 11.7. The van der Waals surface area contributed by atoms with Crippen LogP contribution in [0.2, 0.25) is 0 Å². The van der Waals surface area contributed by atoms with Gasteiger partial charge in [0.25, 0.3) is 0 Å². The van der Waals surface area contributed by atoms with E-state index in [1.54, 1.807) is 0 Å². The summed E-state index contributed by atoms with van der Waals surface area (Å²) in [6.45, 7) is 0. The quantitative estimate of drug-likeness (QED) is 0.469. The fraction of sp³-hybridized carbons (Fsp3) is 0.500. The van der Waals surface area contributed by atoms with Crippen molar-refractivity contribution in [2.24, 2.45) is 0 Å². The van der Waals surface area contributed by atoms with Crippen LogP contribution in [0.4, 0.5) is 4.39 Å². The van der Waals surface area contributed by atoms with E-state index in [4.69, 9.17) is 9.90 Å². The summed E-state index contributed by atoms with van der Waals surface area (Å²) in [7, 11) is 0. The maximum absolute atomic E-state index is 11.1. The molecule has 2 nitrogen and oxygen atoms in total. The summed E-state index contributed by atoms with van der Waals surface area (Å²) >= 11 is 2.11. The second-order valence-electron chi connectivity index (χ2n) is 0.620. The van der Waals surface area contributed by atoms with Crippen molar-refractivity contribution in [1.29, 1.82) is 0 Å². The Morgan fingerprint density at radius 3 is 2.00 bits per heavy atom. The fourth-order valence-corrected chi connectivity index (χ4v) is 0. The zero-order valence-electron chi connectivity index (χ0n) is 2.95. The van der Waals surface area contributed by atoms with Gasteiger partial charge in [-0.2, -0.15) is 0 Å². The Kier molecular flexibility index (Phi) is 7.21. The van der Waals surface area contributed by atoms with Crippen molar-refractivity contribution < 1.29 is 36.7 Å². The Labute approximate surface area is 63.7 Å². The van der Waals surface area contributed by atoms with Crippen LogP contribution in [-0.2, 0) is 27.2 Å². The molecule has 0 aromatic rings. The third-order valence-corrected chi connectivity index (χ3v) is 0.552. The Hall–Kier alpha value is 0.620. The second-order valence-corrected chi connectivity index (χ2v) is 1.42. The molecule has 0 aliphatic carbocycles. The maximum Gasteiger partial charge on any atom is 1.00 e. The number of alkyl halides is 2. The van der Waals surface area contributed by atoms with Crippen LogP contribution >= 0.6 is 15.9 Å². The Morgan fingerprint density at radius 1 is 1.86 bits per heavy atom. The number of carboxylic acids is 1. The minimum Gasteiger partial charge on any atom is -0.546 e. The van der Waals surface area contributed by atoms with Crippen LogP contribution in [0.25, 0.3) is 0 Å². The number of aliphatic carboxylic acids is 1. The smallest absolute Gasteiger partial charge is 0.546 e. The molecule has 0 saturated heterocycles. The summed E-state index contributed by atoms with van der Waals surface area (Å²) in [5, 5.41) is 7.14. The number of hydrogen-bond acceptors (Lipinski definition) is 2. The van der Waals surface area contributed by atoms with E-state index >= 15 is 0 Å². The van der Waals surface area contributed by atoms with Crippen LogP contribution in [0.3, 0.4) is 0 Å². The molecule has 0 radical (unpaired) electrons. The summed E-state index contributed by atoms with van der Waals surface area (Å²) < 4.78 is 11.1. The number of halogens is 2. The first-order valence-electron chi connectivity index (χ1n) is 1.13. The molecule has 0 N–H and O–H groups in total. The zero-order chi connectivity index (χ0) is 5.15. The number of carbonyl (C=O) groups excluding carboxylic acids is 1. The molecule has 7 heavy (non-hydrogen) atoms. The minimum atomic E-state index is -2.03. The molecule has 5 heteroatoms. The molecular weight excluding hydrogens is 263 g/mol. The zero-order valence-corrected chi connectivity index (χ0v) is 6.02. The average molecular weight is 264 g/mol. The van der Waals surface area contributed by atoms with Gasteiger partial charge in [0.1, 0.15) is 0 Å². The first kappa shape index (κ1) is 10.6. The van der Waals surface area contributed by atoms with E-state index in [2.05, 4.69) is 15.9 Å². The van der Waals surface area contributed by atoms with Crippen LogP contribution < -0.4 is 5.11 Å². The third kappa shape index (κ3) is 6.62. The van der Waals surface area contributed by atoms with E-state index < -0.39 is 11.1 Å². The van der Waals surface area contributed by atoms with Crippen LogP contribution in [0.15, 0.2) is 0 Å². The molecule has 0 aliphatic heterocycles. The van der Waals surface area contributed by atoms with Gasteiger partial charge < -0.3 is 9.90 Å². The van der Waals surface area contributed by atoms with Crippen LogP contribution in [0, 0.1) is 0 Å². The van der Waals surface area contributed by atoms with Gasteiger partial charge in [-0.15, -0.1) is 0 Å². The SMILES string of the molecule is O=C([O-])C(F)Br.[Ag+]. The first-order chi connectivity index (χ1) is 2.64. The molecule has 0 amide bonds. The van der Waals surface area contributed by atoms with Crippen LogP contribution in [0.5, 0.6) is 0 Å². The molecule has 0 saturated carbocycles. The Morgan fingerprint density at radius 2 is 2.00 bits per heavy atom. The van der Waals surface area contributed by atoms with Gasteiger partial charge >= 0.3 is 22.4 Å². The van der Waals surface area contributed by atoms with Gasteiger partial charge in [0.05, 0.1) is 5.97 Å². The molecule has 0 rings (SSSR count). The van der Waals surface area contributed by atoms with Gasteiger partial charge in [0.15, 0.2) is 5.08 Å². The summed E-state index contributed by atoms with van der Waals surface area (Å²) in [4.78, 5) is 9.17. The minimum absolute atomic E-state index is 0. The summed E-state index contributed by atoms with van der Waals surface area (Å²) in [6, 6.07) is 0. The number of rotatable bonds is 1. The molecule has 0 fully saturated rings. The van der Waals surface area contributed by atoms with Gasteiger partial charge in [-0.3, -0.25) is 0 Å². The largest absolute Gasteiger partial charge is 1.00 e. The number of carboxylic acid groups (broad SMARTS) is 1. The van der Waals surface area contributed by atoms with Gasteiger partial charge in [-0.25, -0.2) is 4.39 Å². The van der Waals surface area contributed by atoms with E-state index in [1.807, 2.05) is 0 Å². The first-order valence-corrected chi connectivity index (χ1v) is 2.05. The fourth-order valence-electron chi connectivity index (χ4n) is 0. The van der Waals surface area contributed by atoms with Crippen molar-refractivity contribution in [2.75, 3.05) is 0 Å². The standard InChI is InChI=1S/C2H2BrFO2.Ag/c3-1(4)2(5)6;/h1H,(H,5,6);/q;+1/p-1. The van der Waals surface area contributed by atoms with Crippen LogP contribution in [-0.4, -0.2) is 11.1 Å². The Bertz CT molecular complexity index is 66.7. The van der Waals surface area contributed by atoms with Crippen molar-refractivity contribution in [3.8, 4) is 0 Å². The third-order valence-electron chi connectivity index (χ3n) is 0.178. The summed E-state index contributed by atoms with van der Waals surface area (Å²) in [5.74, 6) is -1.74. The van der Waals surface area contributed by atoms with E-state index in [-0.39, 0.29) is 22.4 Å². The molecule has 0 aromatic heterocycles. The van der Waals surface area contributed by atoms with Gasteiger partial charge in [0.2, 0.25) is 0 Å². The van der Waals surface area contributed by atoms with E-state index in [9.17, 15) is 4.39 Å². The second kappa shape index (κ2) is 4.77. The van der Waals surface area contributed by atoms with Crippen molar-refractivity contribution in [3.63, 3.8) is 0 Å². The number of carbonyl (C=O) groups is 1. The summed E-state index contributed by atoms with van der Waals surface area (Å²) in [6.07, 6.45) is 0. The molecule has 1 unspecified atom stereocenters. The van der Waals surface area contributed by atoms with Gasteiger partial charge in [-0.05, 0) is 15.9 Å². The van der Waals surface area contributed by atoms with E-state index in [1.165, 1.54) is 0 Å². The topological polar surface area (TPSA) is 40.1 Å². The molecule has 1 atom stereocenters. The van der Waals surface area contributed by atoms with Gasteiger partial charge in [0, 0.05) is 0 Å². The molecule has 0 spiro atoms. The molecule has 0 bridgehead atoms. The van der Waals surface area contributed by atoms with E-state index in [0.717, 1.165) is 0 Å². The molecule has 0 aliphatic rings. The van der Waals surface area contributed by atoms with Crippen molar-refractivity contribution in [2.45, 2.75) is 5.08 Å². The Balaban J connectivity index is 0. The van der Waals surface area contributed by atoms with Crippen molar-refractivity contribution in [3.05, 3.63) is 0 Å². The predicted molar refractivity (Wildman–Crippen MR) is 18.8 cm³/mol. The molecule has 0 aromatic carbocycles. The predicted octanol–water partition coefficient (Wildman–Crippen LogP) is -0.576.